The fourth-order valence-corrected chi connectivity index (χ4v) is 4.06. The van der Waals surface area contributed by atoms with Gasteiger partial charge in [-0.1, -0.05) is 60.7 Å². The van der Waals surface area contributed by atoms with Crippen molar-refractivity contribution in [3.05, 3.63) is 87.1 Å². The molecule has 0 unspecified atom stereocenters. The third-order valence-corrected chi connectivity index (χ3v) is 5.51. The monoisotopic (exact) mass is 402 g/mol. The standard InChI is InChI=1S/C23H22N4O3/c28-22-19-21(27(23(29)25-22)14-16-8-3-1-4-9-16)24-20(17-10-5-2-6-11-17)26(19)15-18-12-7-13-30-18/h1-6,8-11,18H,7,12-15H2,(H,25,28,29)/t18-/m1/s1. The van der Waals surface area contributed by atoms with Gasteiger partial charge in [-0.05, 0) is 18.4 Å². The highest BCUT2D eigenvalue weighted by atomic mass is 16.5. The predicted molar refractivity (Wildman–Crippen MR) is 115 cm³/mol. The molecule has 1 aliphatic heterocycles. The molecular formula is C23H22N4O3. The Hall–Kier alpha value is -3.45. The molecule has 1 aliphatic rings. The number of ether oxygens (including phenoxy) is 1. The van der Waals surface area contributed by atoms with E-state index in [1.165, 1.54) is 4.57 Å². The highest BCUT2D eigenvalue weighted by Crippen LogP contribution is 2.25. The normalized spacial score (nSPS) is 16.3. The summed E-state index contributed by atoms with van der Waals surface area (Å²) in [6, 6.07) is 19.4. The van der Waals surface area contributed by atoms with Gasteiger partial charge in [-0.3, -0.25) is 14.3 Å². The molecular weight excluding hydrogens is 380 g/mol. The fourth-order valence-electron chi connectivity index (χ4n) is 4.06. The molecule has 0 spiro atoms. The molecule has 4 aromatic rings. The lowest BCUT2D eigenvalue weighted by molar-refractivity contribution is 0.0982. The van der Waals surface area contributed by atoms with Crippen molar-refractivity contribution in [1.29, 1.82) is 0 Å². The number of hydrogen-bond acceptors (Lipinski definition) is 4. The largest absolute Gasteiger partial charge is 0.376 e. The van der Waals surface area contributed by atoms with Crippen LogP contribution in [0.4, 0.5) is 0 Å². The van der Waals surface area contributed by atoms with Crippen LogP contribution in [0.15, 0.2) is 70.3 Å². The van der Waals surface area contributed by atoms with E-state index in [9.17, 15) is 9.59 Å². The van der Waals surface area contributed by atoms with Gasteiger partial charge in [0.15, 0.2) is 11.2 Å². The maximum absolute atomic E-state index is 12.9. The second-order valence-electron chi connectivity index (χ2n) is 7.55. The van der Waals surface area contributed by atoms with E-state index in [1.807, 2.05) is 65.2 Å². The van der Waals surface area contributed by atoms with E-state index in [4.69, 9.17) is 9.72 Å². The second kappa shape index (κ2) is 7.76. The summed E-state index contributed by atoms with van der Waals surface area (Å²) in [6.07, 6.45) is 1.97. The number of fused-ring (bicyclic) bond motifs is 1. The SMILES string of the molecule is O=c1[nH]c(=O)n(Cc2ccccc2)c2nc(-c3ccccc3)n(C[C@H]3CCCO3)c12. The van der Waals surface area contributed by atoms with Gasteiger partial charge in [-0.2, -0.15) is 0 Å². The van der Waals surface area contributed by atoms with Crippen LogP contribution < -0.4 is 11.2 Å². The van der Waals surface area contributed by atoms with Crippen LogP contribution in [-0.2, 0) is 17.8 Å². The average molecular weight is 402 g/mol. The first-order chi connectivity index (χ1) is 14.7. The van der Waals surface area contributed by atoms with Gasteiger partial charge >= 0.3 is 5.69 Å². The third kappa shape index (κ3) is 3.37. The molecule has 1 atom stereocenters. The smallest absolute Gasteiger partial charge is 0.330 e. The van der Waals surface area contributed by atoms with Gasteiger partial charge in [-0.15, -0.1) is 0 Å². The molecule has 1 N–H and O–H groups in total. The Bertz CT molecular complexity index is 1280. The van der Waals surface area contributed by atoms with Gasteiger partial charge in [0.1, 0.15) is 5.82 Å². The van der Waals surface area contributed by atoms with Crippen LogP contribution in [0.5, 0.6) is 0 Å². The van der Waals surface area contributed by atoms with Crippen molar-refractivity contribution < 1.29 is 4.74 Å². The number of nitrogens with zero attached hydrogens (tertiary/aromatic N) is 3. The van der Waals surface area contributed by atoms with Gasteiger partial charge in [0.25, 0.3) is 5.56 Å². The van der Waals surface area contributed by atoms with Crippen LogP contribution in [0.1, 0.15) is 18.4 Å². The number of imidazole rings is 1. The Kier molecular flexibility index (Phi) is 4.80. The minimum Gasteiger partial charge on any atom is -0.376 e. The van der Waals surface area contributed by atoms with Crippen molar-refractivity contribution >= 4 is 11.2 Å². The first-order valence-electron chi connectivity index (χ1n) is 10.1. The number of nitrogens with one attached hydrogen (secondary N) is 1. The van der Waals surface area contributed by atoms with E-state index in [1.54, 1.807) is 0 Å². The molecule has 30 heavy (non-hydrogen) atoms. The van der Waals surface area contributed by atoms with Crippen molar-refractivity contribution in [1.82, 2.24) is 19.1 Å². The molecule has 0 aliphatic carbocycles. The lowest BCUT2D eigenvalue weighted by Crippen LogP contribution is -2.32. The third-order valence-electron chi connectivity index (χ3n) is 5.51. The molecule has 1 saturated heterocycles. The van der Waals surface area contributed by atoms with E-state index >= 15 is 0 Å². The molecule has 0 amide bonds. The summed E-state index contributed by atoms with van der Waals surface area (Å²) in [5.74, 6) is 0.666. The Morgan fingerprint density at radius 3 is 2.43 bits per heavy atom. The quantitative estimate of drug-likeness (QED) is 0.557. The zero-order chi connectivity index (χ0) is 20.5. The van der Waals surface area contributed by atoms with Gasteiger partial charge in [0.2, 0.25) is 0 Å². The van der Waals surface area contributed by atoms with Crippen LogP contribution in [-0.4, -0.2) is 31.8 Å². The van der Waals surface area contributed by atoms with Crippen molar-refractivity contribution in [2.45, 2.75) is 32.0 Å². The van der Waals surface area contributed by atoms with Crippen LogP contribution >= 0.6 is 0 Å². The summed E-state index contributed by atoms with van der Waals surface area (Å²) in [5.41, 5.74) is 1.77. The first kappa shape index (κ1) is 18.6. The topological polar surface area (TPSA) is 81.9 Å². The fraction of sp³-hybridized carbons (Fsp3) is 0.261. The molecule has 5 rings (SSSR count). The Balaban J connectivity index is 1.74. The Labute approximate surface area is 172 Å². The molecule has 2 aromatic heterocycles. The van der Waals surface area contributed by atoms with E-state index in [-0.39, 0.29) is 6.10 Å². The average Bonchev–Trinajstić information content (AvgIpc) is 3.41. The minimum absolute atomic E-state index is 0.0266. The maximum Gasteiger partial charge on any atom is 0.330 e. The maximum atomic E-state index is 12.9. The van der Waals surface area contributed by atoms with Crippen LogP contribution in [0, 0.1) is 0 Å². The molecule has 1 fully saturated rings. The van der Waals surface area contributed by atoms with Crippen LogP contribution in [0.25, 0.3) is 22.6 Å². The Morgan fingerprint density at radius 2 is 1.73 bits per heavy atom. The van der Waals surface area contributed by atoms with Crippen LogP contribution in [0.3, 0.4) is 0 Å². The summed E-state index contributed by atoms with van der Waals surface area (Å²) in [4.78, 5) is 32.8. The molecule has 2 aromatic carbocycles. The predicted octanol–water partition coefficient (Wildman–Crippen LogP) is 2.78. The number of H-pyrrole nitrogens is 1. The van der Waals surface area contributed by atoms with Crippen molar-refractivity contribution in [3.63, 3.8) is 0 Å². The van der Waals surface area contributed by atoms with E-state index < -0.39 is 11.2 Å². The molecule has 152 valence electrons. The molecule has 7 heteroatoms. The van der Waals surface area contributed by atoms with Gasteiger partial charge in [0, 0.05) is 12.2 Å². The number of aromatic amines is 1. The summed E-state index contributed by atoms with van der Waals surface area (Å²) >= 11 is 0. The Morgan fingerprint density at radius 1 is 1.00 bits per heavy atom. The summed E-state index contributed by atoms with van der Waals surface area (Å²) < 4.78 is 9.26. The highest BCUT2D eigenvalue weighted by Gasteiger charge is 2.24. The zero-order valence-electron chi connectivity index (χ0n) is 16.5. The lowest BCUT2D eigenvalue weighted by Gasteiger charge is -2.14. The number of rotatable bonds is 5. The highest BCUT2D eigenvalue weighted by molar-refractivity contribution is 5.77. The lowest BCUT2D eigenvalue weighted by atomic mass is 10.2. The molecule has 3 heterocycles. The van der Waals surface area contributed by atoms with Gasteiger partial charge in [0.05, 0.1) is 19.2 Å². The minimum atomic E-state index is -0.460. The number of hydrogen-bond donors (Lipinski definition) is 1. The molecule has 0 bridgehead atoms. The first-order valence-corrected chi connectivity index (χ1v) is 10.1. The van der Waals surface area contributed by atoms with Gasteiger partial charge < -0.3 is 9.30 Å². The summed E-state index contributed by atoms with van der Waals surface area (Å²) in [6.45, 7) is 1.58. The number of aromatic nitrogens is 4. The van der Waals surface area contributed by atoms with Crippen molar-refractivity contribution in [3.8, 4) is 11.4 Å². The molecule has 0 radical (unpaired) electrons. The van der Waals surface area contributed by atoms with Gasteiger partial charge in [-0.25, -0.2) is 9.78 Å². The van der Waals surface area contributed by atoms with Crippen LogP contribution in [0.2, 0.25) is 0 Å². The molecule has 7 nitrogen and oxygen atoms in total. The van der Waals surface area contributed by atoms with E-state index in [2.05, 4.69) is 4.98 Å². The summed E-state index contributed by atoms with van der Waals surface area (Å²) in [7, 11) is 0. The van der Waals surface area contributed by atoms with Crippen molar-refractivity contribution in [2.75, 3.05) is 6.61 Å². The van der Waals surface area contributed by atoms with E-state index in [0.717, 1.165) is 30.6 Å². The number of benzene rings is 2. The molecule has 0 saturated carbocycles. The summed E-state index contributed by atoms with van der Waals surface area (Å²) in [5, 5.41) is 0. The zero-order valence-corrected chi connectivity index (χ0v) is 16.5. The van der Waals surface area contributed by atoms with Crippen molar-refractivity contribution in [2.24, 2.45) is 0 Å². The second-order valence-corrected chi connectivity index (χ2v) is 7.55. The van der Waals surface area contributed by atoms with E-state index in [0.29, 0.717) is 30.1 Å².